The Labute approximate surface area is 205 Å². The second-order valence-electron chi connectivity index (χ2n) is 8.74. The maximum atomic E-state index is 14.0. The summed E-state index contributed by atoms with van der Waals surface area (Å²) in [5, 5.41) is 16.6. The molecule has 1 aliphatic rings. The van der Waals surface area contributed by atoms with Crippen molar-refractivity contribution in [3.05, 3.63) is 82.6 Å². The van der Waals surface area contributed by atoms with Crippen LogP contribution in [0.2, 0.25) is 0 Å². The molecule has 4 N–H and O–H groups in total. The molecule has 1 aliphatic heterocycles. The summed E-state index contributed by atoms with van der Waals surface area (Å²) in [6.45, 7) is 4.45. The molecule has 2 aromatic carbocycles. The van der Waals surface area contributed by atoms with E-state index in [1.807, 2.05) is 56.3 Å². The molecule has 1 unspecified atom stereocenters. The fourth-order valence-electron chi connectivity index (χ4n) is 4.38. The minimum atomic E-state index is -1.05. The van der Waals surface area contributed by atoms with Gasteiger partial charge >= 0.3 is 5.97 Å². The van der Waals surface area contributed by atoms with Gasteiger partial charge in [-0.05, 0) is 36.5 Å². The summed E-state index contributed by atoms with van der Waals surface area (Å²) >= 11 is 0. The van der Waals surface area contributed by atoms with Gasteiger partial charge in [-0.2, -0.15) is 0 Å². The third kappa shape index (κ3) is 6.15. The summed E-state index contributed by atoms with van der Waals surface area (Å²) in [4.78, 5) is 41.2. The molecule has 0 spiro atoms. The Kier molecular flexibility index (Phi) is 8.41. The number of nitrogens with two attached hydrogens (primary N) is 1. The number of amides is 2. The van der Waals surface area contributed by atoms with Gasteiger partial charge < -0.3 is 20.6 Å². The molecule has 3 rings (SSSR count). The second-order valence-corrected chi connectivity index (χ2v) is 8.74. The highest BCUT2D eigenvalue weighted by molar-refractivity contribution is 5.99. The Morgan fingerprint density at radius 1 is 1.11 bits per heavy atom. The van der Waals surface area contributed by atoms with E-state index in [4.69, 9.17) is 16.2 Å². The lowest BCUT2D eigenvalue weighted by Gasteiger charge is -2.40. The van der Waals surface area contributed by atoms with E-state index >= 15 is 0 Å². The summed E-state index contributed by atoms with van der Waals surface area (Å²) < 4.78 is 0. The molecule has 0 radical (unpaired) electrons. The normalized spacial score (nSPS) is 15.8. The molecule has 0 aliphatic carbocycles. The highest BCUT2D eigenvalue weighted by atomic mass is 16.4. The number of benzene rings is 2. The van der Waals surface area contributed by atoms with Crippen LogP contribution in [0.1, 0.15) is 62.3 Å². The number of carbonyl (C=O) groups excluding carboxylic acids is 2. The molecule has 8 nitrogen and oxygen atoms in total. The predicted molar refractivity (Wildman–Crippen MR) is 133 cm³/mol. The number of nitrogens with one attached hydrogen (secondary N) is 1. The first-order valence-electron chi connectivity index (χ1n) is 11.7. The number of carbonyl (C=O) groups is 3. The molecule has 0 saturated carbocycles. The van der Waals surface area contributed by atoms with Crippen LogP contribution in [-0.4, -0.2) is 45.1 Å². The molecule has 1 heterocycles. The first-order valence-corrected chi connectivity index (χ1v) is 11.7. The Hall–Kier alpha value is -3.94. The highest BCUT2D eigenvalue weighted by Crippen LogP contribution is 2.37. The smallest absolute Gasteiger partial charge is 0.303 e. The van der Waals surface area contributed by atoms with Crippen LogP contribution in [0.5, 0.6) is 0 Å². The lowest BCUT2D eigenvalue weighted by Crippen LogP contribution is -2.46. The van der Waals surface area contributed by atoms with Gasteiger partial charge in [0.25, 0.3) is 5.91 Å². The molecule has 0 saturated heterocycles. The number of carboxylic acids is 1. The van der Waals surface area contributed by atoms with Crippen LogP contribution in [-0.2, 0) is 20.9 Å². The molecule has 0 aromatic heterocycles. The SMILES string of the molecule is CCCN(C(=O)CCC(=O)O)C1=C(C)CC(c2ccccc2)N(Cc2ccc(C(=N)N)cc2)C1=O. The van der Waals surface area contributed by atoms with Crippen molar-refractivity contribution in [2.24, 2.45) is 5.73 Å². The van der Waals surface area contributed by atoms with Crippen LogP contribution in [0, 0.1) is 5.41 Å². The van der Waals surface area contributed by atoms with Crippen LogP contribution in [0.15, 0.2) is 65.9 Å². The van der Waals surface area contributed by atoms with Gasteiger partial charge in [0, 0.05) is 25.1 Å². The van der Waals surface area contributed by atoms with E-state index < -0.39 is 5.97 Å². The van der Waals surface area contributed by atoms with Gasteiger partial charge in [0.1, 0.15) is 11.5 Å². The zero-order valence-corrected chi connectivity index (χ0v) is 20.2. The van der Waals surface area contributed by atoms with E-state index in [-0.39, 0.29) is 36.5 Å². The van der Waals surface area contributed by atoms with E-state index in [2.05, 4.69) is 0 Å². The van der Waals surface area contributed by atoms with Crippen molar-refractivity contribution in [1.82, 2.24) is 9.80 Å². The second kappa shape index (κ2) is 11.5. The van der Waals surface area contributed by atoms with Crippen molar-refractivity contribution in [3.63, 3.8) is 0 Å². The van der Waals surface area contributed by atoms with Crippen molar-refractivity contribution >= 4 is 23.6 Å². The summed E-state index contributed by atoms with van der Waals surface area (Å²) in [5.41, 5.74) is 9.21. The average Bonchev–Trinajstić information content (AvgIpc) is 2.84. The number of nitrogens with zero attached hydrogens (tertiary/aromatic N) is 2. The van der Waals surface area contributed by atoms with E-state index in [1.54, 1.807) is 17.0 Å². The molecular weight excluding hydrogens is 444 g/mol. The molecule has 0 bridgehead atoms. The van der Waals surface area contributed by atoms with Crippen LogP contribution in [0.4, 0.5) is 0 Å². The summed E-state index contributed by atoms with van der Waals surface area (Å²) in [5.74, 6) is -1.69. The van der Waals surface area contributed by atoms with Gasteiger partial charge in [-0.15, -0.1) is 0 Å². The van der Waals surface area contributed by atoms with Gasteiger partial charge in [-0.1, -0.05) is 61.5 Å². The van der Waals surface area contributed by atoms with Gasteiger partial charge in [0.05, 0.1) is 12.5 Å². The minimum absolute atomic E-state index is 0.0244. The maximum Gasteiger partial charge on any atom is 0.303 e. The van der Waals surface area contributed by atoms with Crippen LogP contribution in [0.3, 0.4) is 0 Å². The van der Waals surface area contributed by atoms with Crippen molar-refractivity contribution in [2.75, 3.05) is 6.54 Å². The van der Waals surface area contributed by atoms with Crippen molar-refractivity contribution in [1.29, 1.82) is 5.41 Å². The summed E-state index contributed by atoms with van der Waals surface area (Å²) in [7, 11) is 0. The zero-order chi connectivity index (χ0) is 25.5. The highest BCUT2D eigenvalue weighted by Gasteiger charge is 2.37. The third-order valence-electron chi connectivity index (χ3n) is 6.12. The van der Waals surface area contributed by atoms with E-state index in [0.29, 0.717) is 37.2 Å². The lowest BCUT2D eigenvalue weighted by molar-refractivity contribution is -0.142. The summed E-state index contributed by atoms with van der Waals surface area (Å²) in [6, 6.07) is 16.8. The monoisotopic (exact) mass is 476 g/mol. The van der Waals surface area contributed by atoms with Gasteiger partial charge in [-0.25, -0.2) is 0 Å². The Morgan fingerprint density at radius 2 is 1.77 bits per heavy atom. The van der Waals surface area contributed by atoms with Gasteiger partial charge in [0.2, 0.25) is 5.91 Å². The van der Waals surface area contributed by atoms with Crippen molar-refractivity contribution in [2.45, 2.75) is 52.1 Å². The standard InChI is InChI=1S/C27H32N4O4/c1-3-15-30(23(32)13-14-24(33)34)25-18(2)16-22(20-7-5-4-6-8-20)31(27(25)35)17-19-9-11-21(12-10-19)26(28)29/h4-12,22H,3,13-17H2,1-2H3,(H3,28,29)(H,33,34). The third-order valence-corrected chi connectivity index (χ3v) is 6.12. The number of hydrogen-bond acceptors (Lipinski definition) is 4. The summed E-state index contributed by atoms with van der Waals surface area (Å²) in [6.07, 6.45) is 0.757. The Bertz CT molecular complexity index is 1130. The quantitative estimate of drug-likeness (QED) is 0.355. The number of rotatable bonds is 10. The number of aliphatic carboxylic acids is 1. The molecule has 2 aromatic rings. The predicted octanol–water partition coefficient (Wildman–Crippen LogP) is 3.82. The number of amidine groups is 1. The first kappa shape index (κ1) is 25.7. The Balaban J connectivity index is 2.00. The molecule has 8 heteroatoms. The molecule has 0 fully saturated rings. The zero-order valence-electron chi connectivity index (χ0n) is 20.2. The van der Waals surface area contributed by atoms with E-state index in [1.165, 1.54) is 4.90 Å². The van der Waals surface area contributed by atoms with Crippen LogP contribution < -0.4 is 5.73 Å². The number of carboxylic acid groups (broad SMARTS) is 1. The number of hydrogen-bond donors (Lipinski definition) is 3. The largest absolute Gasteiger partial charge is 0.481 e. The van der Waals surface area contributed by atoms with Crippen LogP contribution in [0.25, 0.3) is 0 Å². The fraction of sp³-hybridized carbons (Fsp3) is 0.333. The van der Waals surface area contributed by atoms with E-state index in [9.17, 15) is 14.4 Å². The average molecular weight is 477 g/mol. The first-order chi connectivity index (χ1) is 16.7. The number of nitrogen functional groups attached to an aromatic ring is 1. The Morgan fingerprint density at radius 3 is 2.34 bits per heavy atom. The molecule has 35 heavy (non-hydrogen) atoms. The fourth-order valence-corrected chi connectivity index (χ4v) is 4.38. The minimum Gasteiger partial charge on any atom is -0.481 e. The van der Waals surface area contributed by atoms with Crippen LogP contribution >= 0.6 is 0 Å². The van der Waals surface area contributed by atoms with E-state index in [0.717, 1.165) is 16.7 Å². The van der Waals surface area contributed by atoms with Crippen molar-refractivity contribution in [3.8, 4) is 0 Å². The molecule has 1 atom stereocenters. The van der Waals surface area contributed by atoms with Gasteiger partial charge in [-0.3, -0.25) is 19.8 Å². The topological polar surface area (TPSA) is 128 Å². The maximum absolute atomic E-state index is 14.0. The van der Waals surface area contributed by atoms with Crippen molar-refractivity contribution < 1.29 is 19.5 Å². The molecule has 184 valence electrons. The molecular formula is C27H32N4O4. The lowest BCUT2D eigenvalue weighted by atomic mass is 9.91. The molecule has 2 amide bonds. The van der Waals surface area contributed by atoms with Gasteiger partial charge in [0.15, 0.2) is 0 Å².